The number of halogens is 3. The van der Waals surface area contributed by atoms with Crippen LogP contribution in [-0.4, -0.2) is 6.18 Å². The first-order valence-electron chi connectivity index (χ1n) is 6.48. The second-order valence-electron chi connectivity index (χ2n) is 2.74. The van der Waals surface area contributed by atoms with E-state index < -0.39 is 11.7 Å². The van der Waals surface area contributed by atoms with Crippen LogP contribution in [0.15, 0.2) is 35.5 Å². The minimum atomic E-state index is -4.49. The Kier molecular flexibility index (Phi) is 17.4. The minimum Gasteiger partial charge on any atom is -0.192 e. The van der Waals surface area contributed by atoms with Crippen LogP contribution >= 0.6 is 0 Å². The van der Waals surface area contributed by atoms with Crippen molar-refractivity contribution < 1.29 is 13.2 Å². The number of nitrogens with zero attached hydrogens (tertiary/aromatic N) is 1. The van der Waals surface area contributed by atoms with Gasteiger partial charge in [0.15, 0.2) is 0 Å². The molecule has 0 aromatic rings. The molecule has 4 heteroatoms. The summed E-state index contributed by atoms with van der Waals surface area (Å²) in [6.45, 7) is 11.3. The molecule has 1 nitrogen and oxygen atoms in total. The smallest absolute Gasteiger partial charge is 0.192 e. The molecule has 0 fully saturated rings. The molecular weight excluding hydrogens is 251 g/mol. The lowest BCUT2D eigenvalue weighted by Gasteiger charge is -2.09. The molecule has 0 aromatic heterocycles. The molecule has 0 spiro atoms. The maximum atomic E-state index is 12.5. The largest absolute Gasteiger partial charge is 0.417 e. The SMILES string of the molecule is CC.CC.C\C=C/C=C(\C(C#N)=C/CC)C(F)(F)F. The first kappa shape index (κ1) is 22.7. The Morgan fingerprint density at radius 3 is 1.89 bits per heavy atom. The van der Waals surface area contributed by atoms with Crippen molar-refractivity contribution in [2.75, 3.05) is 0 Å². The summed E-state index contributed by atoms with van der Waals surface area (Å²) >= 11 is 0. The second-order valence-corrected chi connectivity index (χ2v) is 2.74. The van der Waals surface area contributed by atoms with Crippen molar-refractivity contribution in [1.29, 1.82) is 5.26 Å². The van der Waals surface area contributed by atoms with Crippen LogP contribution in [0.3, 0.4) is 0 Å². The van der Waals surface area contributed by atoms with Gasteiger partial charge >= 0.3 is 6.18 Å². The van der Waals surface area contributed by atoms with Gasteiger partial charge in [-0.2, -0.15) is 18.4 Å². The summed E-state index contributed by atoms with van der Waals surface area (Å²) in [6.07, 6.45) is 0.826. The predicted molar refractivity (Wildman–Crippen MR) is 75.6 cm³/mol. The molecule has 110 valence electrons. The molecule has 0 aliphatic heterocycles. The number of alkyl halides is 3. The lowest BCUT2D eigenvalue weighted by molar-refractivity contribution is -0.0889. The summed E-state index contributed by atoms with van der Waals surface area (Å²) < 4.78 is 37.5. The van der Waals surface area contributed by atoms with Crippen LogP contribution in [0.25, 0.3) is 0 Å². The average Bonchev–Trinajstić information content (AvgIpc) is 2.41. The zero-order chi connectivity index (χ0) is 15.9. The van der Waals surface area contributed by atoms with Crippen LogP contribution in [-0.2, 0) is 0 Å². The highest BCUT2D eigenvalue weighted by atomic mass is 19.4. The highest BCUT2D eigenvalue weighted by molar-refractivity contribution is 5.46. The molecule has 0 saturated heterocycles. The molecule has 0 saturated carbocycles. The number of allylic oxidation sites excluding steroid dienone is 6. The minimum absolute atomic E-state index is 0.330. The maximum Gasteiger partial charge on any atom is 0.417 e. The lowest BCUT2D eigenvalue weighted by Crippen LogP contribution is -2.13. The molecule has 0 heterocycles. The van der Waals surface area contributed by atoms with Gasteiger partial charge in [0.1, 0.15) is 0 Å². The van der Waals surface area contributed by atoms with Crippen molar-refractivity contribution in [3.63, 3.8) is 0 Å². The van der Waals surface area contributed by atoms with E-state index in [1.165, 1.54) is 18.2 Å². The molecule has 0 aromatic carbocycles. The Hall–Kier alpha value is -1.50. The Morgan fingerprint density at radius 1 is 1.16 bits per heavy atom. The van der Waals surface area contributed by atoms with Gasteiger partial charge in [-0.1, -0.05) is 52.8 Å². The summed E-state index contributed by atoms with van der Waals surface area (Å²) in [5.74, 6) is 0. The Bertz CT molecular complexity index is 328. The van der Waals surface area contributed by atoms with Crippen LogP contribution in [0.5, 0.6) is 0 Å². The van der Waals surface area contributed by atoms with Crippen molar-refractivity contribution in [2.24, 2.45) is 0 Å². The molecule has 0 bridgehead atoms. The van der Waals surface area contributed by atoms with Gasteiger partial charge in [0.05, 0.1) is 17.2 Å². The zero-order valence-electron chi connectivity index (χ0n) is 12.6. The number of hydrogen-bond donors (Lipinski definition) is 0. The van der Waals surface area contributed by atoms with Gasteiger partial charge < -0.3 is 0 Å². The van der Waals surface area contributed by atoms with Gasteiger partial charge in [-0.25, -0.2) is 0 Å². The van der Waals surface area contributed by atoms with Crippen LogP contribution in [0.4, 0.5) is 13.2 Å². The van der Waals surface area contributed by atoms with E-state index in [4.69, 9.17) is 5.26 Å². The monoisotopic (exact) mass is 275 g/mol. The van der Waals surface area contributed by atoms with Crippen LogP contribution in [0.1, 0.15) is 48.0 Å². The van der Waals surface area contributed by atoms with Crippen molar-refractivity contribution in [1.82, 2.24) is 0 Å². The summed E-state index contributed by atoms with van der Waals surface area (Å²) in [5, 5.41) is 8.61. The van der Waals surface area contributed by atoms with E-state index in [0.717, 1.165) is 6.08 Å². The molecular formula is C15H24F3N. The summed E-state index contributed by atoms with van der Waals surface area (Å²) in [4.78, 5) is 0. The van der Waals surface area contributed by atoms with Crippen molar-refractivity contribution in [3.05, 3.63) is 35.5 Å². The Balaban J connectivity index is -0.000000579. The number of hydrogen-bond acceptors (Lipinski definition) is 1. The van der Waals surface area contributed by atoms with E-state index in [0.29, 0.717) is 6.42 Å². The second kappa shape index (κ2) is 14.6. The fourth-order valence-electron chi connectivity index (χ4n) is 0.949. The zero-order valence-corrected chi connectivity index (χ0v) is 12.6. The van der Waals surface area contributed by atoms with Gasteiger partial charge in [0, 0.05) is 0 Å². The van der Waals surface area contributed by atoms with Gasteiger partial charge in [-0.3, -0.25) is 0 Å². The summed E-state index contributed by atoms with van der Waals surface area (Å²) in [7, 11) is 0. The molecule has 0 atom stereocenters. The number of rotatable bonds is 3. The molecule has 0 rings (SSSR count). The van der Waals surface area contributed by atoms with Crippen molar-refractivity contribution in [2.45, 2.75) is 54.1 Å². The summed E-state index contributed by atoms with van der Waals surface area (Å²) in [6, 6.07) is 1.56. The third kappa shape index (κ3) is 11.3. The Morgan fingerprint density at radius 2 is 1.63 bits per heavy atom. The van der Waals surface area contributed by atoms with Gasteiger partial charge in [-0.15, -0.1) is 0 Å². The van der Waals surface area contributed by atoms with Gasteiger partial charge in [0.25, 0.3) is 0 Å². The number of nitriles is 1. The van der Waals surface area contributed by atoms with Crippen molar-refractivity contribution in [3.8, 4) is 6.07 Å². The normalized spacial score (nSPS) is 12.0. The highest BCUT2D eigenvalue weighted by Gasteiger charge is 2.35. The average molecular weight is 275 g/mol. The van der Waals surface area contributed by atoms with Crippen LogP contribution in [0.2, 0.25) is 0 Å². The summed E-state index contributed by atoms with van der Waals surface area (Å²) in [5.41, 5.74) is -1.23. The third-order valence-corrected chi connectivity index (χ3v) is 1.58. The third-order valence-electron chi connectivity index (χ3n) is 1.58. The fraction of sp³-hybridized carbons (Fsp3) is 0.533. The molecule has 19 heavy (non-hydrogen) atoms. The van der Waals surface area contributed by atoms with E-state index in [2.05, 4.69) is 0 Å². The van der Waals surface area contributed by atoms with E-state index >= 15 is 0 Å². The van der Waals surface area contributed by atoms with Gasteiger partial charge in [-0.05, 0) is 19.4 Å². The first-order valence-corrected chi connectivity index (χ1v) is 6.48. The molecule has 0 radical (unpaired) electrons. The lowest BCUT2D eigenvalue weighted by atomic mass is 10.1. The Labute approximate surface area is 115 Å². The predicted octanol–water partition coefficient (Wildman–Crippen LogP) is 5.96. The first-order chi connectivity index (χ1) is 8.97. The highest BCUT2D eigenvalue weighted by Crippen LogP contribution is 2.31. The van der Waals surface area contributed by atoms with Crippen molar-refractivity contribution >= 4 is 0 Å². The fourth-order valence-corrected chi connectivity index (χ4v) is 0.949. The standard InChI is InChI=1S/C11H12F3N.2C2H6/c1-3-5-7-10(11(12,13)14)9(8-15)6-4-2;2*1-2/h3,5-7H,4H2,1-2H3;2*1-2H3/b5-3-,9-6-,10-7+;;. The maximum absolute atomic E-state index is 12.5. The molecule has 0 aliphatic carbocycles. The quantitative estimate of drug-likeness (QED) is 0.460. The molecule has 0 aliphatic rings. The van der Waals surface area contributed by atoms with E-state index in [9.17, 15) is 13.2 Å². The van der Waals surface area contributed by atoms with E-state index in [1.807, 2.05) is 27.7 Å². The van der Waals surface area contributed by atoms with E-state index in [-0.39, 0.29) is 5.57 Å². The van der Waals surface area contributed by atoms with Crippen LogP contribution < -0.4 is 0 Å². The molecule has 0 N–H and O–H groups in total. The van der Waals surface area contributed by atoms with E-state index in [1.54, 1.807) is 19.9 Å². The van der Waals surface area contributed by atoms with Crippen LogP contribution in [0, 0.1) is 11.3 Å². The topological polar surface area (TPSA) is 23.8 Å². The molecule has 0 amide bonds. The molecule has 0 unspecified atom stereocenters. The van der Waals surface area contributed by atoms with Gasteiger partial charge in [0.2, 0.25) is 0 Å².